The molecule has 0 fully saturated rings. The van der Waals surface area contributed by atoms with Crippen LogP contribution in [0.1, 0.15) is 11.3 Å². The second kappa shape index (κ2) is 9.23. The zero-order chi connectivity index (χ0) is 20.8. The van der Waals surface area contributed by atoms with Crippen LogP contribution in [0.25, 0.3) is 22.2 Å². The minimum absolute atomic E-state index is 0.311. The lowest BCUT2D eigenvalue weighted by molar-refractivity contribution is 0.183. The number of aromatic amines is 1. The Morgan fingerprint density at radius 2 is 2.03 bits per heavy atom. The number of fused-ring (bicyclic) bond motifs is 1. The van der Waals surface area contributed by atoms with Gasteiger partial charge < -0.3 is 4.74 Å². The van der Waals surface area contributed by atoms with Crippen molar-refractivity contribution >= 4 is 10.9 Å². The molecule has 4 rings (SSSR count). The van der Waals surface area contributed by atoms with E-state index in [2.05, 4.69) is 25.3 Å². The number of nitrogens with zero attached hydrogens (tertiary/aromatic N) is 5. The second-order valence-corrected chi connectivity index (χ2v) is 6.72. The van der Waals surface area contributed by atoms with E-state index in [9.17, 15) is 4.39 Å². The highest BCUT2D eigenvalue weighted by Gasteiger charge is 2.07. The van der Waals surface area contributed by atoms with Gasteiger partial charge in [-0.25, -0.2) is 4.39 Å². The van der Waals surface area contributed by atoms with Gasteiger partial charge in [0.2, 0.25) is 0 Å². The predicted molar refractivity (Wildman–Crippen MR) is 112 cm³/mol. The number of pyridine rings is 1. The van der Waals surface area contributed by atoms with Crippen LogP contribution in [0.4, 0.5) is 4.39 Å². The maximum atomic E-state index is 14.6. The SMILES string of the molecule is COCCn1cc(-c2cccncc(Cc3cc4cccnc4cc3F)[nH]n2)cn1. The molecule has 0 aliphatic carbocycles. The smallest absolute Gasteiger partial charge is 0.128 e. The summed E-state index contributed by atoms with van der Waals surface area (Å²) in [7, 11) is 1.65. The Morgan fingerprint density at radius 3 is 2.93 bits per heavy atom. The van der Waals surface area contributed by atoms with Crippen LogP contribution in [0.15, 0.2) is 67.4 Å². The van der Waals surface area contributed by atoms with Crippen molar-refractivity contribution in [1.29, 1.82) is 0 Å². The van der Waals surface area contributed by atoms with Gasteiger partial charge in [0.25, 0.3) is 0 Å². The maximum Gasteiger partial charge on any atom is 0.128 e. The Hall–Kier alpha value is -3.65. The highest BCUT2D eigenvalue weighted by atomic mass is 19.1. The molecule has 8 heteroatoms. The highest BCUT2D eigenvalue weighted by molar-refractivity contribution is 5.79. The standard InChI is InChI=1S/C22H21FN6O/c1-30-9-8-29-15-18(13-26-29)21-5-3-6-24-14-19(27-28-21)11-17-10-16-4-2-7-25-22(16)12-20(17)23/h2-7,10,12-15,27H,8-9,11H2,1H3. The average Bonchev–Trinajstić information content (AvgIpc) is 3.25. The molecular formula is C22H21FN6O. The summed E-state index contributed by atoms with van der Waals surface area (Å²) in [6.07, 6.45) is 8.93. The summed E-state index contributed by atoms with van der Waals surface area (Å²) in [4.78, 5) is 8.45. The lowest BCUT2D eigenvalue weighted by atomic mass is 10.1. The molecule has 4 aromatic rings. The molecule has 0 saturated heterocycles. The van der Waals surface area contributed by atoms with Crippen LogP contribution in [0.3, 0.4) is 0 Å². The van der Waals surface area contributed by atoms with Crippen molar-refractivity contribution in [2.24, 2.45) is 0 Å². The molecule has 0 radical (unpaired) electrons. The molecule has 3 aromatic heterocycles. The Bertz CT molecular complexity index is 1200. The minimum atomic E-state index is -0.311. The van der Waals surface area contributed by atoms with Gasteiger partial charge in [-0.3, -0.25) is 19.7 Å². The first kappa shape index (κ1) is 19.7. The van der Waals surface area contributed by atoms with E-state index in [0.29, 0.717) is 42.0 Å². The van der Waals surface area contributed by atoms with Crippen molar-refractivity contribution in [3.05, 3.63) is 84.5 Å². The predicted octanol–water partition coefficient (Wildman–Crippen LogP) is 3.72. The van der Waals surface area contributed by atoms with Crippen molar-refractivity contribution < 1.29 is 9.13 Å². The molecule has 3 heterocycles. The average molecular weight is 404 g/mol. The van der Waals surface area contributed by atoms with Gasteiger partial charge in [0.15, 0.2) is 0 Å². The molecule has 1 aromatic carbocycles. The fourth-order valence-corrected chi connectivity index (χ4v) is 3.05. The second-order valence-electron chi connectivity index (χ2n) is 6.72. The molecule has 0 spiro atoms. The largest absolute Gasteiger partial charge is 0.383 e. The summed E-state index contributed by atoms with van der Waals surface area (Å²) >= 11 is 0. The van der Waals surface area contributed by atoms with E-state index in [4.69, 9.17) is 4.74 Å². The Labute approximate surface area is 172 Å². The number of methoxy groups -OCH3 is 1. The number of hydrogen-bond donors (Lipinski definition) is 1. The number of rotatable bonds is 6. The molecule has 0 bridgehead atoms. The number of H-pyrrole nitrogens is 1. The van der Waals surface area contributed by atoms with E-state index in [1.54, 1.807) is 48.7 Å². The van der Waals surface area contributed by atoms with Crippen LogP contribution in [-0.4, -0.2) is 43.7 Å². The van der Waals surface area contributed by atoms with Gasteiger partial charge in [-0.15, -0.1) is 0 Å². The molecule has 7 nitrogen and oxygen atoms in total. The van der Waals surface area contributed by atoms with E-state index < -0.39 is 0 Å². The van der Waals surface area contributed by atoms with Crippen LogP contribution in [-0.2, 0) is 17.7 Å². The van der Waals surface area contributed by atoms with Gasteiger partial charge in [-0.2, -0.15) is 10.2 Å². The summed E-state index contributed by atoms with van der Waals surface area (Å²) in [5, 5.41) is 12.7. The molecule has 30 heavy (non-hydrogen) atoms. The first-order valence-corrected chi connectivity index (χ1v) is 9.50. The first-order valence-electron chi connectivity index (χ1n) is 9.50. The van der Waals surface area contributed by atoms with Crippen molar-refractivity contribution in [2.45, 2.75) is 13.0 Å². The molecule has 0 aliphatic rings. The van der Waals surface area contributed by atoms with Gasteiger partial charge in [0.1, 0.15) is 5.82 Å². The third kappa shape index (κ3) is 4.66. The van der Waals surface area contributed by atoms with Gasteiger partial charge >= 0.3 is 0 Å². The highest BCUT2D eigenvalue weighted by Crippen LogP contribution is 2.19. The lowest BCUT2D eigenvalue weighted by Gasteiger charge is -2.05. The normalized spacial score (nSPS) is 10.9. The summed E-state index contributed by atoms with van der Waals surface area (Å²) in [6.45, 7) is 1.23. The third-order valence-corrected chi connectivity index (χ3v) is 4.58. The molecule has 0 saturated carbocycles. The summed E-state index contributed by atoms with van der Waals surface area (Å²) in [6, 6.07) is 10.6. The van der Waals surface area contributed by atoms with Gasteiger partial charge in [0, 0.05) is 55.3 Å². The molecule has 0 amide bonds. The topological polar surface area (TPSA) is 81.5 Å². The molecule has 152 valence electrons. The molecule has 0 atom stereocenters. The number of nitrogens with one attached hydrogen (secondary N) is 1. The van der Waals surface area contributed by atoms with Gasteiger partial charge in [0.05, 0.1) is 36.3 Å². The van der Waals surface area contributed by atoms with E-state index >= 15 is 0 Å². The van der Waals surface area contributed by atoms with Crippen LogP contribution in [0.5, 0.6) is 0 Å². The number of halogens is 1. The Balaban J connectivity index is 1.65. The minimum Gasteiger partial charge on any atom is -0.383 e. The van der Waals surface area contributed by atoms with Crippen molar-refractivity contribution in [2.75, 3.05) is 13.7 Å². The fourth-order valence-electron chi connectivity index (χ4n) is 3.05. The number of hydrogen-bond acceptors (Lipinski definition) is 5. The zero-order valence-corrected chi connectivity index (χ0v) is 16.5. The van der Waals surface area contributed by atoms with E-state index in [1.165, 1.54) is 6.07 Å². The van der Waals surface area contributed by atoms with Crippen LogP contribution in [0, 0.1) is 5.82 Å². The Morgan fingerprint density at radius 1 is 1.13 bits per heavy atom. The van der Waals surface area contributed by atoms with E-state index in [-0.39, 0.29) is 5.82 Å². The number of ether oxygens (including phenoxy) is 1. The monoisotopic (exact) mass is 404 g/mol. The zero-order valence-electron chi connectivity index (χ0n) is 16.5. The first-order chi connectivity index (χ1) is 14.7. The van der Waals surface area contributed by atoms with Crippen molar-refractivity contribution in [3.63, 3.8) is 0 Å². The number of aromatic nitrogens is 6. The van der Waals surface area contributed by atoms with Gasteiger partial charge in [-0.05, 0) is 29.8 Å². The van der Waals surface area contributed by atoms with E-state index in [0.717, 1.165) is 10.9 Å². The van der Waals surface area contributed by atoms with Crippen LogP contribution < -0.4 is 0 Å². The third-order valence-electron chi connectivity index (χ3n) is 4.58. The van der Waals surface area contributed by atoms with Crippen molar-refractivity contribution in [1.82, 2.24) is 29.9 Å². The molecule has 0 unspecified atom stereocenters. The van der Waals surface area contributed by atoms with Gasteiger partial charge in [-0.1, -0.05) is 6.07 Å². The Kier molecular flexibility index (Phi) is 6.05. The van der Waals surface area contributed by atoms with Crippen LogP contribution in [0.2, 0.25) is 0 Å². The summed E-state index contributed by atoms with van der Waals surface area (Å²) in [5.74, 6) is -0.311. The van der Waals surface area contributed by atoms with Crippen molar-refractivity contribution in [3.8, 4) is 11.3 Å². The maximum absolute atomic E-state index is 14.6. The lowest BCUT2D eigenvalue weighted by Crippen LogP contribution is -2.03. The fraction of sp³-hybridized carbons (Fsp3) is 0.182. The summed E-state index contributed by atoms with van der Waals surface area (Å²) < 4.78 is 21.5. The quantitative estimate of drug-likeness (QED) is 0.530. The number of benzene rings is 1. The molecule has 1 N–H and O–H groups in total. The summed E-state index contributed by atoms with van der Waals surface area (Å²) in [5.41, 5.74) is 3.39. The molecular weight excluding hydrogens is 383 g/mol. The van der Waals surface area contributed by atoms with E-state index in [1.807, 2.05) is 24.4 Å². The van der Waals surface area contributed by atoms with Crippen LogP contribution >= 0.6 is 0 Å². The molecule has 0 aliphatic heterocycles.